The van der Waals surface area contributed by atoms with Crippen molar-refractivity contribution < 1.29 is 9.59 Å². The second-order valence-electron chi connectivity index (χ2n) is 2.74. The molecule has 0 aromatic carbocycles. The van der Waals surface area contributed by atoms with Crippen molar-refractivity contribution in [2.45, 2.75) is 19.4 Å². The summed E-state index contributed by atoms with van der Waals surface area (Å²) in [7, 11) is 0. The first-order chi connectivity index (χ1) is 4.88. The topological polar surface area (TPSA) is 72.2 Å². The molecule has 2 amide bonds. The predicted octanol–water partition coefficient (Wildman–Crippen LogP) is -0.447. The largest absolute Gasteiger partial charge is 0.318 e. The van der Waals surface area contributed by atoms with E-state index >= 15 is 0 Å². The summed E-state index contributed by atoms with van der Waals surface area (Å²) < 4.78 is 0. The summed E-state index contributed by atoms with van der Waals surface area (Å²) in [5.41, 5.74) is 4.35. The van der Waals surface area contributed by atoms with Crippen LogP contribution in [0.2, 0.25) is 0 Å². The van der Waals surface area contributed by atoms with E-state index in [9.17, 15) is 9.59 Å². The summed E-state index contributed by atoms with van der Waals surface area (Å²) >= 11 is 0. The van der Waals surface area contributed by atoms with Crippen molar-refractivity contribution >= 4 is 11.8 Å². The molecule has 4 nitrogen and oxygen atoms in total. The predicted molar refractivity (Wildman–Crippen MR) is 41.6 cm³/mol. The molecule has 0 saturated heterocycles. The van der Waals surface area contributed by atoms with E-state index in [2.05, 4.69) is 6.58 Å². The van der Waals surface area contributed by atoms with Gasteiger partial charge in [-0.1, -0.05) is 6.58 Å². The fourth-order valence-electron chi connectivity index (χ4n) is 0.324. The van der Waals surface area contributed by atoms with Gasteiger partial charge in [0.1, 0.15) is 0 Å². The Hall–Kier alpha value is -1.16. The van der Waals surface area contributed by atoms with Crippen molar-refractivity contribution in [1.29, 1.82) is 0 Å². The van der Waals surface area contributed by atoms with Gasteiger partial charge in [0.2, 0.25) is 11.8 Å². The number of rotatable bonds is 2. The highest BCUT2D eigenvalue weighted by atomic mass is 16.2. The molecule has 0 atom stereocenters. The van der Waals surface area contributed by atoms with Crippen LogP contribution in [-0.4, -0.2) is 17.4 Å². The van der Waals surface area contributed by atoms with Crippen LogP contribution in [0, 0.1) is 0 Å². The fourth-order valence-corrected chi connectivity index (χ4v) is 0.324. The quantitative estimate of drug-likeness (QED) is 0.532. The molecule has 0 aliphatic rings. The van der Waals surface area contributed by atoms with Crippen LogP contribution < -0.4 is 11.1 Å². The standard InChI is InChI=1S/C7H12N2O2/c1-4-5(10)9-6(11)7(2,3)8/h4H,1,8H2,2-3H3,(H,9,10,11). The van der Waals surface area contributed by atoms with Crippen LogP contribution in [0.4, 0.5) is 0 Å². The molecule has 0 heterocycles. The lowest BCUT2D eigenvalue weighted by atomic mass is 10.1. The average molecular weight is 156 g/mol. The van der Waals surface area contributed by atoms with E-state index < -0.39 is 17.4 Å². The Balaban J connectivity index is 4.09. The van der Waals surface area contributed by atoms with Gasteiger partial charge in [-0.05, 0) is 19.9 Å². The lowest BCUT2D eigenvalue weighted by molar-refractivity contribution is -0.130. The van der Waals surface area contributed by atoms with Crippen molar-refractivity contribution in [2.75, 3.05) is 0 Å². The normalized spacial score (nSPS) is 10.5. The number of hydrogen-bond donors (Lipinski definition) is 2. The van der Waals surface area contributed by atoms with Gasteiger partial charge < -0.3 is 5.73 Å². The third-order valence-electron chi connectivity index (χ3n) is 1.01. The maximum absolute atomic E-state index is 10.9. The van der Waals surface area contributed by atoms with Crippen LogP contribution in [0.1, 0.15) is 13.8 Å². The highest BCUT2D eigenvalue weighted by Crippen LogP contribution is 1.94. The van der Waals surface area contributed by atoms with Crippen LogP contribution in [0.3, 0.4) is 0 Å². The van der Waals surface area contributed by atoms with Gasteiger partial charge in [-0.25, -0.2) is 0 Å². The molecule has 0 aliphatic heterocycles. The van der Waals surface area contributed by atoms with Crippen molar-refractivity contribution in [3.05, 3.63) is 12.7 Å². The van der Waals surface area contributed by atoms with Gasteiger partial charge in [-0.15, -0.1) is 0 Å². The second-order valence-corrected chi connectivity index (χ2v) is 2.74. The molecule has 3 N–H and O–H groups in total. The van der Waals surface area contributed by atoms with Crippen LogP contribution >= 0.6 is 0 Å². The minimum atomic E-state index is -1.03. The summed E-state index contributed by atoms with van der Waals surface area (Å²) in [5, 5.41) is 2.05. The van der Waals surface area contributed by atoms with Gasteiger partial charge in [-0.2, -0.15) is 0 Å². The first-order valence-electron chi connectivity index (χ1n) is 3.14. The van der Waals surface area contributed by atoms with Crippen LogP contribution in [0.15, 0.2) is 12.7 Å². The Bertz CT molecular complexity index is 191. The third kappa shape index (κ3) is 3.52. The van der Waals surface area contributed by atoms with Crippen molar-refractivity contribution in [2.24, 2.45) is 5.73 Å². The fraction of sp³-hybridized carbons (Fsp3) is 0.429. The number of carbonyl (C=O) groups excluding carboxylic acids is 2. The SMILES string of the molecule is C=CC(=O)NC(=O)C(C)(C)N. The molecular formula is C7H12N2O2. The number of carbonyl (C=O) groups is 2. The number of nitrogens with one attached hydrogen (secondary N) is 1. The number of imide groups is 1. The first kappa shape index (κ1) is 9.84. The summed E-state index contributed by atoms with van der Waals surface area (Å²) in [6.07, 6.45) is 1.02. The molecule has 0 radical (unpaired) electrons. The summed E-state index contributed by atoms with van der Waals surface area (Å²) in [6.45, 7) is 6.22. The van der Waals surface area contributed by atoms with E-state index in [1.165, 1.54) is 13.8 Å². The van der Waals surface area contributed by atoms with Gasteiger partial charge in [-0.3, -0.25) is 14.9 Å². The molecule has 0 rings (SSSR count). The zero-order valence-electron chi connectivity index (χ0n) is 6.68. The molecule has 0 aliphatic carbocycles. The van der Waals surface area contributed by atoms with Gasteiger partial charge in [0.15, 0.2) is 0 Å². The zero-order valence-corrected chi connectivity index (χ0v) is 6.68. The molecular weight excluding hydrogens is 144 g/mol. The molecule has 0 fully saturated rings. The number of nitrogens with two attached hydrogens (primary N) is 1. The third-order valence-corrected chi connectivity index (χ3v) is 1.01. The monoisotopic (exact) mass is 156 g/mol. The van der Waals surface area contributed by atoms with Crippen LogP contribution in [-0.2, 0) is 9.59 Å². The lowest BCUT2D eigenvalue weighted by Gasteiger charge is -2.15. The molecule has 0 aromatic rings. The van der Waals surface area contributed by atoms with E-state index in [0.29, 0.717) is 0 Å². The van der Waals surface area contributed by atoms with Gasteiger partial charge >= 0.3 is 0 Å². The number of hydrogen-bond acceptors (Lipinski definition) is 3. The molecule has 0 saturated carbocycles. The Morgan fingerprint density at radius 3 is 2.27 bits per heavy atom. The smallest absolute Gasteiger partial charge is 0.249 e. The zero-order chi connectivity index (χ0) is 9.07. The minimum absolute atomic E-state index is 0.512. The summed E-state index contributed by atoms with van der Waals surface area (Å²) in [4.78, 5) is 21.5. The van der Waals surface area contributed by atoms with Crippen LogP contribution in [0.5, 0.6) is 0 Å². The van der Waals surface area contributed by atoms with Crippen LogP contribution in [0.25, 0.3) is 0 Å². The van der Waals surface area contributed by atoms with E-state index in [1.807, 2.05) is 5.32 Å². The molecule has 11 heavy (non-hydrogen) atoms. The minimum Gasteiger partial charge on any atom is -0.318 e. The Labute approximate surface area is 65.5 Å². The Morgan fingerprint density at radius 1 is 1.55 bits per heavy atom. The number of amides is 2. The molecule has 62 valence electrons. The molecule has 0 aromatic heterocycles. The van der Waals surface area contributed by atoms with Gasteiger partial charge in [0, 0.05) is 0 Å². The van der Waals surface area contributed by atoms with E-state index in [1.54, 1.807) is 0 Å². The maximum atomic E-state index is 10.9. The van der Waals surface area contributed by atoms with Gasteiger partial charge in [0.25, 0.3) is 0 Å². The Kier molecular flexibility index (Phi) is 2.95. The molecule has 0 spiro atoms. The van der Waals surface area contributed by atoms with Crippen molar-refractivity contribution in [3.8, 4) is 0 Å². The van der Waals surface area contributed by atoms with Crippen molar-refractivity contribution in [3.63, 3.8) is 0 Å². The molecule has 4 heteroatoms. The van der Waals surface area contributed by atoms with E-state index in [0.717, 1.165) is 6.08 Å². The molecule has 0 bridgehead atoms. The molecule has 0 unspecified atom stereocenters. The highest BCUT2D eigenvalue weighted by molar-refractivity contribution is 6.03. The highest BCUT2D eigenvalue weighted by Gasteiger charge is 2.22. The van der Waals surface area contributed by atoms with Gasteiger partial charge in [0.05, 0.1) is 5.54 Å². The summed E-state index contributed by atoms with van der Waals surface area (Å²) in [5.74, 6) is -1.05. The summed E-state index contributed by atoms with van der Waals surface area (Å²) in [6, 6.07) is 0. The average Bonchev–Trinajstić information content (AvgIpc) is 1.85. The second kappa shape index (κ2) is 3.30. The van der Waals surface area contributed by atoms with E-state index in [4.69, 9.17) is 5.73 Å². The maximum Gasteiger partial charge on any atom is 0.249 e. The van der Waals surface area contributed by atoms with E-state index in [-0.39, 0.29) is 0 Å². The first-order valence-corrected chi connectivity index (χ1v) is 3.14. The van der Waals surface area contributed by atoms with Crippen molar-refractivity contribution in [1.82, 2.24) is 5.32 Å². The Morgan fingerprint density at radius 2 is 2.00 bits per heavy atom. The lowest BCUT2D eigenvalue weighted by Crippen LogP contribution is -2.50.